The van der Waals surface area contributed by atoms with Gasteiger partial charge < -0.3 is 11.1 Å². The molecule has 0 aromatic rings. The third-order valence-electron chi connectivity index (χ3n) is 4.38. The Balaban J connectivity index is 3.14. The van der Waals surface area contributed by atoms with E-state index in [9.17, 15) is 0 Å². The second-order valence-electron chi connectivity index (χ2n) is 7.37. The molecule has 0 amide bonds. The zero-order chi connectivity index (χ0) is 15.3. The van der Waals surface area contributed by atoms with E-state index in [1.165, 1.54) is 70.8 Å². The van der Waals surface area contributed by atoms with Gasteiger partial charge in [-0.2, -0.15) is 0 Å². The maximum absolute atomic E-state index is 5.49. The van der Waals surface area contributed by atoms with Crippen LogP contribution in [0, 0.1) is 5.41 Å². The molecule has 0 radical (unpaired) electrons. The third kappa shape index (κ3) is 12.9. The van der Waals surface area contributed by atoms with Gasteiger partial charge in [0.15, 0.2) is 0 Å². The Morgan fingerprint density at radius 1 is 0.750 bits per heavy atom. The zero-order valence-corrected chi connectivity index (χ0v) is 14.6. The van der Waals surface area contributed by atoms with Gasteiger partial charge in [0.05, 0.1) is 0 Å². The number of hydrogen-bond acceptors (Lipinski definition) is 2. The van der Waals surface area contributed by atoms with Crippen LogP contribution in [0.2, 0.25) is 0 Å². The molecule has 122 valence electrons. The van der Waals surface area contributed by atoms with Gasteiger partial charge in [-0.05, 0) is 38.3 Å². The van der Waals surface area contributed by atoms with E-state index in [1.54, 1.807) is 0 Å². The predicted molar refractivity (Wildman–Crippen MR) is 92.1 cm³/mol. The summed E-state index contributed by atoms with van der Waals surface area (Å²) in [5.74, 6) is 0. The molecule has 1 unspecified atom stereocenters. The Bertz CT molecular complexity index is 196. The molecule has 0 aliphatic rings. The van der Waals surface area contributed by atoms with Gasteiger partial charge in [0.25, 0.3) is 0 Å². The Labute approximate surface area is 128 Å². The maximum atomic E-state index is 5.49. The van der Waals surface area contributed by atoms with Crippen molar-refractivity contribution in [1.29, 1.82) is 0 Å². The van der Waals surface area contributed by atoms with Crippen LogP contribution in [-0.2, 0) is 0 Å². The first-order valence-corrected chi connectivity index (χ1v) is 8.92. The van der Waals surface area contributed by atoms with Crippen LogP contribution < -0.4 is 11.1 Å². The molecule has 0 rings (SSSR count). The number of nitrogens with one attached hydrogen (secondary N) is 1. The molecule has 0 spiro atoms. The molecule has 0 aromatic carbocycles. The van der Waals surface area contributed by atoms with Crippen molar-refractivity contribution in [3.8, 4) is 0 Å². The molecule has 0 saturated carbocycles. The van der Waals surface area contributed by atoms with Crippen LogP contribution in [0.15, 0.2) is 0 Å². The highest BCUT2D eigenvalue weighted by atomic mass is 14.9. The van der Waals surface area contributed by atoms with Crippen LogP contribution in [0.25, 0.3) is 0 Å². The van der Waals surface area contributed by atoms with Crippen molar-refractivity contribution in [2.24, 2.45) is 11.1 Å². The molecule has 20 heavy (non-hydrogen) atoms. The molecule has 0 aliphatic heterocycles. The molecule has 0 bridgehead atoms. The normalized spacial score (nSPS) is 13.7. The van der Waals surface area contributed by atoms with Crippen LogP contribution >= 0.6 is 0 Å². The fourth-order valence-electron chi connectivity index (χ4n) is 2.31. The van der Waals surface area contributed by atoms with Crippen molar-refractivity contribution in [2.45, 2.75) is 97.9 Å². The van der Waals surface area contributed by atoms with Gasteiger partial charge in [0.1, 0.15) is 0 Å². The van der Waals surface area contributed by atoms with Crippen molar-refractivity contribution in [1.82, 2.24) is 5.32 Å². The lowest BCUT2D eigenvalue weighted by Crippen LogP contribution is -2.38. The Kier molecular flexibility index (Phi) is 12.6. The van der Waals surface area contributed by atoms with Crippen LogP contribution in [0.1, 0.15) is 91.9 Å². The highest BCUT2D eigenvalue weighted by Crippen LogP contribution is 2.18. The van der Waals surface area contributed by atoms with Gasteiger partial charge in [0, 0.05) is 6.04 Å². The van der Waals surface area contributed by atoms with Crippen LogP contribution in [0.3, 0.4) is 0 Å². The summed E-state index contributed by atoms with van der Waals surface area (Å²) in [4.78, 5) is 0. The number of hydrogen-bond donors (Lipinski definition) is 2. The van der Waals surface area contributed by atoms with Gasteiger partial charge in [-0.3, -0.25) is 0 Å². The smallest absolute Gasteiger partial charge is 0.00872 e. The van der Waals surface area contributed by atoms with E-state index in [4.69, 9.17) is 5.73 Å². The topological polar surface area (TPSA) is 38.0 Å². The SMILES string of the molecule is CC(NCCCCCCCCCCCCN)C(C)(C)C. The summed E-state index contributed by atoms with van der Waals surface area (Å²) >= 11 is 0. The molecule has 0 fully saturated rings. The summed E-state index contributed by atoms with van der Waals surface area (Å²) in [5, 5.41) is 3.64. The lowest BCUT2D eigenvalue weighted by atomic mass is 9.88. The fourth-order valence-corrected chi connectivity index (χ4v) is 2.31. The van der Waals surface area contributed by atoms with Gasteiger partial charge in [-0.25, -0.2) is 0 Å². The minimum absolute atomic E-state index is 0.379. The van der Waals surface area contributed by atoms with E-state index in [1.807, 2.05) is 0 Å². The van der Waals surface area contributed by atoms with Crippen LogP contribution in [-0.4, -0.2) is 19.1 Å². The molecule has 0 saturated heterocycles. The monoisotopic (exact) mass is 284 g/mol. The van der Waals surface area contributed by atoms with Crippen LogP contribution in [0.5, 0.6) is 0 Å². The van der Waals surface area contributed by atoms with Gasteiger partial charge >= 0.3 is 0 Å². The summed E-state index contributed by atoms with van der Waals surface area (Å²) < 4.78 is 0. The van der Waals surface area contributed by atoms with Crippen LogP contribution in [0.4, 0.5) is 0 Å². The fraction of sp³-hybridized carbons (Fsp3) is 1.00. The van der Waals surface area contributed by atoms with Crippen molar-refractivity contribution < 1.29 is 0 Å². The van der Waals surface area contributed by atoms with E-state index in [0.29, 0.717) is 11.5 Å². The standard InChI is InChI=1S/C18H40N2/c1-17(18(2,3)4)20-16-14-12-10-8-6-5-7-9-11-13-15-19/h17,20H,5-16,19H2,1-4H3. The number of nitrogens with two attached hydrogens (primary N) is 1. The second-order valence-corrected chi connectivity index (χ2v) is 7.37. The first-order chi connectivity index (χ1) is 9.48. The van der Waals surface area contributed by atoms with Gasteiger partial charge in [-0.1, -0.05) is 72.1 Å². The second kappa shape index (κ2) is 12.6. The van der Waals surface area contributed by atoms with Crippen molar-refractivity contribution >= 4 is 0 Å². The summed E-state index contributed by atoms with van der Waals surface area (Å²) in [6, 6.07) is 0.607. The largest absolute Gasteiger partial charge is 0.330 e. The summed E-state index contributed by atoms with van der Waals surface area (Å²) in [5.41, 5.74) is 5.86. The summed E-state index contributed by atoms with van der Waals surface area (Å²) in [6.07, 6.45) is 13.7. The zero-order valence-electron chi connectivity index (χ0n) is 14.6. The molecular weight excluding hydrogens is 244 g/mol. The molecule has 1 atom stereocenters. The first kappa shape index (κ1) is 19.9. The summed E-state index contributed by atoms with van der Waals surface area (Å²) in [6.45, 7) is 11.2. The summed E-state index contributed by atoms with van der Waals surface area (Å²) in [7, 11) is 0. The number of unbranched alkanes of at least 4 members (excludes halogenated alkanes) is 9. The highest BCUT2D eigenvalue weighted by molar-refractivity contribution is 4.75. The minimum atomic E-state index is 0.379. The van der Waals surface area contributed by atoms with E-state index in [2.05, 4.69) is 33.0 Å². The lowest BCUT2D eigenvalue weighted by Gasteiger charge is -2.28. The van der Waals surface area contributed by atoms with Crippen molar-refractivity contribution in [3.63, 3.8) is 0 Å². The van der Waals surface area contributed by atoms with E-state index in [-0.39, 0.29) is 0 Å². The Hall–Kier alpha value is -0.0800. The van der Waals surface area contributed by atoms with Crippen molar-refractivity contribution in [2.75, 3.05) is 13.1 Å². The average Bonchev–Trinajstić information content (AvgIpc) is 2.38. The molecule has 0 heterocycles. The quantitative estimate of drug-likeness (QED) is 0.473. The van der Waals surface area contributed by atoms with Gasteiger partial charge in [-0.15, -0.1) is 0 Å². The molecule has 0 aromatic heterocycles. The molecule has 3 N–H and O–H groups in total. The van der Waals surface area contributed by atoms with E-state index < -0.39 is 0 Å². The molecular formula is C18H40N2. The molecule has 2 heteroatoms. The minimum Gasteiger partial charge on any atom is -0.330 e. The highest BCUT2D eigenvalue weighted by Gasteiger charge is 2.18. The first-order valence-electron chi connectivity index (χ1n) is 8.92. The average molecular weight is 285 g/mol. The lowest BCUT2D eigenvalue weighted by molar-refractivity contribution is 0.285. The van der Waals surface area contributed by atoms with E-state index in [0.717, 1.165) is 6.54 Å². The Morgan fingerprint density at radius 2 is 1.15 bits per heavy atom. The van der Waals surface area contributed by atoms with E-state index >= 15 is 0 Å². The molecule has 2 nitrogen and oxygen atoms in total. The molecule has 0 aliphatic carbocycles. The van der Waals surface area contributed by atoms with Gasteiger partial charge in [0.2, 0.25) is 0 Å². The third-order valence-corrected chi connectivity index (χ3v) is 4.38. The van der Waals surface area contributed by atoms with Crippen molar-refractivity contribution in [3.05, 3.63) is 0 Å². The maximum Gasteiger partial charge on any atom is 0.00872 e. The number of rotatable bonds is 13. The predicted octanol–water partition coefficient (Wildman–Crippen LogP) is 4.87. The Morgan fingerprint density at radius 3 is 1.55 bits per heavy atom.